The fourth-order valence-corrected chi connectivity index (χ4v) is 5.05. The van der Waals surface area contributed by atoms with Gasteiger partial charge in [0.05, 0.1) is 17.7 Å². The molecule has 0 bridgehead atoms. The lowest BCUT2D eigenvalue weighted by Crippen LogP contribution is -2.29. The third kappa shape index (κ3) is 5.40. The van der Waals surface area contributed by atoms with E-state index in [1.165, 1.54) is 16.3 Å². The number of furan rings is 1. The van der Waals surface area contributed by atoms with Gasteiger partial charge in [0.25, 0.3) is 11.5 Å². The zero-order valence-electron chi connectivity index (χ0n) is 19.1. The van der Waals surface area contributed by atoms with Crippen LogP contribution >= 0.6 is 24.0 Å². The number of pyridine rings is 1. The van der Waals surface area contributed by atoms with Gasteiger partial charge in [0, 0.05) is 18.7 Å². The number of nitriles is 1. The Hall–Kier alpha value is -2.83. The summed E-state index contributed by atoms with van der Waals surface area (Å²) in [7, 11) is 0. The molecule has 1 aliphatic rings. The normalized spacial score (nSPS) is 14.8. The first kappa shape index (κ1) is 24.8. The number of rotatable bonds is 10. The van der Waals surface area contributed by atoms with Crippen molar-refractivity contribution in [2.45, 2.75) is 59.5 Å². The Morgan fingerprint density at radius 1 is 1.27 bits per heavy atom. The lowest BCUT2D eigenvalue weighted by molar-refractivity contribution is -0.122. The average Bonchev–Trinajstić information content (AvgIpc) is 3.41. The number of hydrogen-bond acceptors (Lipinski definition) is 7. The molecular formula is C24H28N4O3S2. The highest BCUT2D eigenvalue weighted by Gasteiger charge is 2.32. The standard InChI is InChI=1S/C24H28N4O3S2/c1-4-6-7-8-11-28-23(30)20(33-24(28)32)13-18-16(3)19(14-25)22(29)27(5-2)21(18)26-15-17-10-9-12-31-17/h9-10,12-13,26H,4-8,11,15H2,1-3H3/b20-13-. The SMILES string of the molecule is CCCCCCN1C(=O)/C(=C/c2c(C)c(C#N)c(=O)n(CC)c2NCc2ccco2)SC1=S. The smallest absolute Gasteiger partial charge is 0.270 e. The molecule has 2 aromatic rings. The van der Waals surface area contributed by atoms with Crippen molar-refractivity contribution in [1.29, 1.82) is 5.26 Å². The van der Waals surface area contributed by atoms with Gasteiger partial charge in [-0.05, 0) is 44.0 Å². The fraction of sp³-hybridized carbons (Fsp3) is 0.417. The number of thioether (sulfide) groups is 1. The Labute approximate surface area is 203 Å². The zero-order chi connectivity index (χ0) is 24.0. The Bertz CT molecular complexity index is 1160. The zero-order valence-corrected chi connectivity index (χ0v) is 20.8. The maximum atomic E-state index is 13.1. The van der Waals surface area contributed by atoms with Gasteiger partial charge in [0.2, 0.25) is 0 Å². The third-order valence-electron chi connectivity index (χ3n) is 5.59. The van der Waals surface area contributed by atoms with Gasteiger partial charge in [0.15, 0.2) is 0 Å². The topological polar surface area (TPSA) is 91.3 Å². The molecule has 0 unspecified atom stereocenters. The van der Waals surface area contributed by atoms with Crippen molar-refractivity contribution in [1.82, 2.24) is 9.47 Å². The molecule has 0 spiro atoms. The molecule has 0 aliphatic carbocycles. The van der Waals surface area contributed by atoms with Crippen molar-refractivity contribution in [3.8, 4) is 6.07 Å². The molecule has 9 heteroatoms. The molecule has 1 saturated heterocycles. The lowest BCUT2D eigenvalue weighted by atomic mass is 10.0. The van der Waals surface area contributed by atoms with Gasteiger partial charge in [-0.1, -0.05) is 50.2 Å². The number of thiocarbonyl (C=S) groups is 1. The lowest BCUT2D eigenvalue weighted by Gasteiger charge is -2.19. The first-order chi connectivity index (χ1) is 15.9. The summed E-state index contributed by atoms with van der Waals surface area (Å²) < 4.78 is 7.46. The Morgan fingerprint density at radius 2 is 2.06 bits per heavy atom. The number of nitrogens with zero attached hydrogens (tertiary/aromatic N) is 3. The number of amides is 1. The molecule has 3 rings (SSSR count). The van der Waals surface area contributed by atoms with Gasteiger partial charge < -0.3 is 9.73 Å². The van der Waals surface area contributed by atoms with Crippen LogP contribution in [0.15, 0.2) is 32.5 Å². The molecule has 7 nitrogen and oxygen atoms in total. The van der Waals surface area contributed by atoms with E-state index in [0.29, 0.717) is 51.6 Å². The molecule has 0 radical (unpaired) electrons. The van der Waals surface area contributed by atoms with Gasteiger partial charge >= 0.3 is 0 Å². The van der Waals surface area contributed by atoms with E-state index in [1.807, 2.05) is 19.1 Å². The monoisotopic (exact) mass is 484 g/mol. The summed E-state index contributed by atoms with van der Waals surface area (Å²) >= 11 is 6.73. The van der Waals surface area contributed by atoms with Gasteiger partial charge in [-0.15, -0.1) is 0 Å². The number of hydrogen-bond donors (Lipinski definition) is 1. The van der Waals surface area contributed by atoms with Gasteiger partial charge in [0.1, 0.15) is 27.5 Å². The minimum atomic E-state index is -0.361. The van der Waals surface area contributed by atoms with Crippen LogP contribution in [0.5, 0.6) is 0 Å². The first-order valence-corrected chi connectivity index (χ1v) is 12.3. The summed E-state index contributed by atoms with van der Waals surface area (Å²) in [5, 5.41) is 12.9. The van der Waals surface area contributed by atoms with Crippen LogP contribution in [0, 0.1) is 18.3 Å². The minimum Gasteiger partial charge on any atom is -0.467 e. The number of nitrogens with one attached hydrogen (secondary N) is 1. The molecule has 1 fully saturated rings. The number of carbonyl (C=O) groups excluding carboxylic acids is 1. The van der Waals surface area contributed by atoms with Crippen LogP contribution < -0.4 is 10.9 Å². The largest absolute Gasteiger partial charge is 0.467 e. The second-order valence-electron chi connectivity index (χ2n) is 7.75. The van der Waals surface area contributed by atoms with E-state index in [1.54, 1.807) is 30.2 Å². The highest BCUT2D eigenvalue weighted by Crippen LogP contribution is 2.35. The molecule has 0 atom stereocenters. The van der Waals surface area contributed by atoms with Crippen LogP contribution in [0.25, 0.3) is 6.08 Å². The van der Waals surface area contributed by atoms with Crippen LogP contribution in [0.3, 0.4) is 0 Å². The Balaban J connectivity index is 2.01. The van der Waals surface area contributed by atoms with Crippen molar-refractivity contribution in [2.24, 2.45) is 0 Å². The van der Waals surface area contributed by atoms with Crippen LogP contribution in [-0.4, -0.2) is 26.2 Å². The maximum Gasteiger partial charge on any atom is 0.270 e. The van der Waals surface area contributed by atoms with Crippen LogP contribution in [0.2, 0.25) is 0 Å². The molecular weight excluding hydrogens is 456 g/mol. The fourth-order valence-electron chi connectivity index (χ4n) is 3.76. The van der Waals surface area contributed by atoms with E-state index in [-0.39, 0.29) is 17.0 Å². The van der Waals surface area contributed by atoms with Crippen LogP contribution in [0.4, 0.5) is 5.82 Å². The first-order valence-electron chi connectivity index (χ1n) is 11.1. The Morgan fingerprint density at radius 3 is 2.70 bits per heavy atom. The van der Waals surface area contributed by atoms with Gasteiger partial charge in [-0.25, -0.2) is 0 Å². The van der Waals surface area contributed by atoms with Gasteiger partial charge in [-0.3, -0.25) is 19.1 Å². The molecule has 1 N–H and O–H groups in total. The maximum absolute atomic E-state index is 13.1. The molecule has 3 heterocycles. The summed E-state index contributed by atoms with van der Waals surface area (Å²) in [5.41, 5.74) is 0.871. The van der Waals surface area contributed by atoms with E-state index in [2.05, 4.69) is 12.2 Å². The number of unbranched alkanes of at least 4 members (excludes halogenated alkanes) is 3. The summed E-state index contributed by atoms with van der Waals surface area (Å²) in [6, 6.07) is 5.66. The summed E-state index contributed by atoms with van der Waals surface area (Å²) in [5.74, 6) is 1.12. The van der Waals surface area contributed by atoms with E-state index in [0.717, 1.165) is 25.7 Å². The van der Waals surface area contributed by atoms with Crippen molar-refractivity contribution < 1.29 is 9.21 Å². The Kier molecular flexibility index (Phi) is 8.53. The highest BCUT2D eigenvalue weighted by atomic mass is 32.2. The quantitative estimate of drug-likeness (QED) is 0.287. The molecule has 0 aromatic carbocycles. The average molecular weight is 485 g/mol. The minimum absolute atomic E-state index is 0.0710. The summed E-state index contributed by atoms with van der Waals surface area (Å²) in [4.78, 5) is 28.2. The highest BCUT2D eigenvalue weighted by molar-refractivity contribution is 8.26. The van der Waals surface area contributed by atoms with E-state index < -0.39 is 0 Å². The van der Waals surface area contributed by atoms with Crippen molar-refractivity contribution in [3.05, 3.63) is 56.1 Å². The molecule has 0 saturated carbocycles. The second-order valence-corrected chi connectivity index (χ2v) is 9.43. The summed E-state index contributed by atoms with van der Waals surface area (Å²) in [6.45, 7) is 7.05. The van der Waals surface area contributed by atoms with Crippen molar-refractivity contribution in [2.75, 3.05) is 11.9 Å². The van der Waals surface area contributed by atoms with Crippen molar-refractivity contribution >= 4 is 46.1 Å². The van der Waals surface area contributed by atoms with E-state index in [9.17, 15) is 14.9 Å². The molecule has 33 heavy (non-hydrogen) atoms. The molecule has 2 aromatic heterocycles. The van der Waals surface area contributed by atoms with E-state index >= 15 is 0 Å². The number of carbonyl (C=O) groups is 1. The molecule has 1 aliphatic heterocycles. The van der Waals surface area contributed by atoms with Crippen LogP contribution in [-0.2, 0) is 17.9 Å². The number of aromatic nitrogens is 1. The van der Waals surface area contributed by atoms with Crippen molar-refractivity contribution in [3.63, 3.8) is 0 Å². The van der Waals surface area contributed by atoms with Crippen LogP contribution in [0.1, 0.15) is 62.0 Å². The molecule has 1 amide bonds. The third-order valence-corrected chi connectivity index (χ3v) is 6.96. The predicted octanol–water partition coefficient (Wildman–Crippen LogP) is 5.03. The van der Waals surface area contributed by atoms with Gasteiger partial charge in [-0.2, -0.15) is 5.26 Å². The summed E-state index contributed by atoms with van der Waals surface area (Å²) in [6.07, 6.45) is 7.55. The number of anilines is 1. The van der Waals surface area contributed by atoms with E-state index in [4.69, 9.17) is 16.6 Å². The molecule has 174 valence electrons. The second kappa shape index (κ2) is 11.3. The predicted molar refractivity (Wildman–Crippen MR) is 136 cm³/mol.